The van der Waals surface area contributed by atoms with E-state index in [1.165, 1.54) is 4.90 Å². The molecule has 1 unspecified atom stereocenters. The first-order valence-corrected chi connectivity index (χ1v) is 9.91. The highest BCUT2D eigenvalue weighted by Gasteiger charge is 2.34. The highest BCUT2D eigenvalue weighted by atomic mass is 16.6. The van der Waals surface area contributed by atoms with Crippen LogP contribution in [0.2, 0.25) is 0 Å². The molecule has 1 aromatic rings. The van der Waals surface area contributed by atoms with Gasteiger partial charge in [0.1, 0.15) is 0 Å². The molecule has 0 N–H and O–H groups in total. The first-order chi connectivity index (χ1) is 13.6. The maximum absolute atomic E-state index is 12.2. The molecule has 0 saturated heterocycles. The van der Waals surface area contributed by atoms with Crippen LogP contribution in [0.5, 0.6) is 0 Å². The first-order valence-electron chi connectivity index (χ1n) is 9.91. The highest BCUT2D eigenvalue weighted by molar-refractivity contribution is 6.21. The minimum Gasteiger partial charge on any atom is -0.379 e. The molecule has 0 aromatic heterocycles. The zero-order chi connectivity index (χ0) is 20.2. The molecule has 2 rings (SSSR count). The van der Waals surface area contributed by atoms with E-state index < -0.39 is 0 Å². The number of rotatable bonds is 15. The number of hydrogen-bond donors (Lipinski definition) is 0. The molecule has 7 heteroatoms. The molecule has 1 heterocycles. The van der Waals surface area contributed by atoms with Gasteiger partial charge in [0.2, 0.25) is 0 Å². The molecule has 1 aromatic carbocycles. The van der Waals surface area contributed by atoms with E-state index in [9.17, 15) is 9.59 Å². The Morgan fingerprint density at radius 2 is 1.25 bits per heavy atom. The van der Waals surface area contributed by atoms with Crippen LogP contribution in [0.4, 0.5) is 0 Å². The fourth-order valence-corrected chi connectivity index (χ4v) is 2.66. The Hall–Kier alpha value is -1.80. The number of fused-ring (bicyclic) bond motifs is 1. The van der Waals surface area contributed by atoms with Crippen molar-refractivity contribution >= 4 is 11.8 Å². The molecule has 156 valence electrons. The summed E-state index contributed by atoms with van der Waals surface area (Å²) in [6, 6.07) is 6.85. The average Bonchev–Trinajstić information content (AvgIpc) is 2.96. The van der Waals surface area contributed by atoms with Crippen molar-refractivity contribution in [1.29, 1.82) is 0 Å². The number of hydrogen-bond acceptors (Lipinski definition) is 6. The third-order valence-electron chi connectivity index (χ3n) is 4.55. The second-order valence-electron chi connectivity index (χ2n) is 6.73. The minimum atomic E-state index is -0.259. The third-order valence-corrected chi connectivity index (χ3v) is 4.55. The third kappa shape index (κ3) is 6.98. The summed E-state index contributed by atoms with van der Waals surface area (Å²) in [6.45, 7) is 8.64. The SMILES string of the molecule is CCC(C)COCCOCCOCCOCCN1C(=O)c2ccccc2C1=O. The van der Waals surface area contributed by atoms with Crippen molar-refractivity contribution in [2.75, 3.05) is 59.4 Å². The number of ether oxygens (including phenoxy) is 4. The Morgan fingerprint density at radius 1 is 0.786 bits per heavy atom. The van der Waals surface area contributed by atoms with Gasteiger partial charge in [0.05, 0.1) is 63.9 Å². The lowest BCUT2D eigenvalue weighted by Crippen LogP contribution is -2.33. The fraction of sp³-hybridized carbons (Fsp3) is 0.619. The smallest absolute Gasteiger partial charge is 0.261 e. The van der Waals surface area contributed by atoms with E-state index in [2.05, 4.69) is 13.8 Å². The van der Waals surface area contributed by atoms with E-state index in [-0.39, 0.29) is 18.4 Å². The van der Waals surface area contributed by atoms with Crippen molar-refractivity contribution in [2.24, 2.45) is 5.92 Å². The summed E-state index contributed by atoms with van der Waals surface area (Å²) in [6.07, 6.45) is 1.12. The Morgan fingerprint density at radius 3 is 1.75 bits per heavy atom. The molecule has 0 spiro atoms. The van der Waals surface area contributed by atoms with Crippen molar-refractivity contribution in [3.8, 4) is 0 Å². The number of benzene rings is 1. The lowest BCUT2D eigenvalue weighted by Gasteiger charge is -2.14. The summed E-state index contributed by atoms with van der Waals surface area (Å²) in [5.74, 6) is 0.0665. The largest absolute Gasteiger partial charge is 0.379 e. The monoisotopic (exact) mass is 393 g/mol. The zero-order valence-corrected chi connectivity index (χ0v) is 16.9. The fourth-order valence-electron chi connectivity index (χ4n) is 2.66. The van der Waals surface area contributed by atoms with Gasteiger partial charge >= 0.3 is 0 Å². The lowest BCUT2D eigenvalue weighted by atomic mass is 10.1. The van der Waals surface area contributed by atoms with Crippen LogP contribution >= 0.6 is 0 Å². The number of carbonyl (C=O) groups excluding carboxylic acids is 2. The zero-order valence-electron chi connectivity index (χ0n) is 16.9. The number of amides is 2. The van der Waals surface area contributed by atoms with E-state index in [4.69, 9.17) is 18.9 Å². The molecule has 2 amide bonds. The van der Waals surface area contributed by atoms with Crippen molar-refractivity contribution < 1.29 is 28.5 Å². The summed E-state index contributed by atoms with van der Waals surface area (Å²) in [5.41, 5.74) is 0.919. The molecule has 1 atom stereocenters. The van der Waals surface area contributed by atoms with Crippen LogP contribution in [0.25, 0.3) is 0 Å². The van der Waals surface area contributed by atoms with Crippen LogP contribution in [-0.4, -0.2) is 76.1 Å². The topological polar surface area (TPSA) is 74.3 Å². The van der Waals surface area contributed by atoms with E-state index in [1.807, 2.05) is 0 Å². The van der Waals surface area contributed by atoms with Gasteiger partial charge in [-0.1, -0.05) is 32.4 Å². The van der Waals surface area contributed by atoms with E-state index in [1.54, 1.807) is 24.3 Å². The van der Waals surface area contributed by atoms with Crippen LogP contribution in [0, 0.1) is 5.92 Å². The molecular weight excluding hydrogens is 362 g/mol. The first kappa shape index (κ1) is 22.5. The van der Waals surface area contributed by atoms with Crippen LogP contribution in [0.3, 0.4) is 0 Å². The Balaban J connectivity index is 1.42. The Bertz CT molecular complexity index is 586. The van der Waals surface area contributed by atoms with Gasteiger partial charge in [0.15, 0.2) is 0 Å². The predicted molar refractivity (Wildman–Crippen MR) is 105 cm³/mol. The van der Waals surface area contributed by atoms with Gasteiger partial charge in [-0.25, -0.2) is 0 Å². The summed E-state index contributed by atoms with van der Waals surface area (Å²) < 4.78 is 21.8. The van der Waals surface area contributed by atoms with Crippen molar-refractivity contribution in [2.45, 2.75) is 20.3 Å². The Kier molecular flexibility index (Phi) is 10.1. The normalized spacial score (nSPS) is 14.6. The van der Waals surface area contributed by atoms with Crippen molar-refractivity contribution in [3.63, 3.8) is 0 Å². The molecule has 28 heavy (non-hydrogen) atoms. The molecule has 0 bridgehead atoms. The molecule has 1 aliphatic heterocycles. The van der Waals surface area contributed by atoms with E-state index >= 15 is 0 Å². The van der Waals surface area contributed by atoms with Crippen LogP contribution < -0.4 is 0 Å². The second-order valence-corrected chi connectivity index (χ2v) is 6.73. The maximum Gasteiger partial charge on any atom is 0.261 e. The van der Waals surface area contributed by atoms with Gasteiger partial charge in [0.25, 0.3) is 11.8 Å². The molecule has 0 fully saturated rings. The average molecular weight is 393 g/mol. The summed E-state index contributed by atoms with van der Waals surface area (Å²) >= 11 is 0. The quantitative estimate of drug-likeness (QED) is 0.336. The van der Waals surface area contributed by atoms with Gasteiger partial charge < -0.3 is 18.9 Å². The standard InChI is InChI=1S/C21H31NO6/c1-3-17(2)16-28-15-14-27-13-12-26-11-10-25-9-8-22-20(23)18-6-4-5-7-19(18)21(22)24/h4-7,17H,3,8-16H2,1-2H3. The molecule has 0 aliphatic carbocycles. The summed E-state index contributed by atoms with van der Waals surface area (Å²) in [7, 11) is 0. The minimum absolute atomic E-state index is 0.242. The van der Waals surface area contributed by atoms with Crippen LogP contribution in [0.1, 0.15) is 41.0 Å². The van der Waals surface area contributed by atoms with Gasteiger partial charge in [-0.15, -0.1) is 0 Å². The molecule has 0 saturated carbocycles. The van der Waals surface area contributed by atoms with E-state index in [0.29, 0.717) is 63.3 Å². The van der Waals surface area contributed by atoms with Crippen molar-refractivity contribution in [3.05, 3.63) is 35.4 Å². The molecule has 1 aliphatic rings. The van der Waals surface area contributed by atoms with Gasteiger partial charge in [0, 0.05) is 6.61 Å². The maximum atomic E-state index is 12.2. The van der Waals surface area contributed by atoms with Gasteiger partial charge in [-0.2, -0.15) is 0 Å². The molecule has 7 nitrogen and oxygen atoms in total. The summed E-state index contributed by atoms with van der Waals surface area (Å²) in [5, 5.41) is 0. The number of carbonyl (C=O) groups is 2. The lowest BCUT2D eigenvalue weighted by molar-refractivity contribution is -0.00648. The number of nitrogens with zero attached hydrogens (tertiary/aromatic N) is 1. The Labute approximate surface area is 166 Å². The highest BCUT2D eigenvalue weighted by Crippen LogP contribution is 2.21. The summed E-state index contributed by atoms with van der Waals surface area (Å²) in [4.78, 5) is 25.6. The second kappa shape index (κ2) is 12.6. The number of imide groups is 1. The van der Waals surface area contributed by atoms with Crippen LogP contribution in [-0.2, 0) is 18.9 Å². The molecular formula is C21H31NO6. The van der Waals surface area contributed by atoms with Gasteiger partial charge in [-0.3, -0.25) is 14.5 Å². The van der Waals surface area contributed by atoms with Crippen molar-refractivity contribution in [1.82, 2.24) is 4.90 Å². The van der Waals surface area contributed by atoms with E-state index in [0.717, 1.165) is 13.0 Å². The molecule has 0 radical (unpaired) electrons. The predicted octanol–water partition coefficient (Wildman–Crippen LogP) is 2.40. The van der Waals surface area contributed by atoms with Gasteiger partial charge in [-0.05, 0) is 18.1 Å². The van der Waals surface area contributed by atoms with Crippen LogP contribution in [0.15, 0.2) is 24.3 Å².